The lowest BCUT2D eigenvalue weighted by molar-refractivity contribution is 0.429. The van der Waals surface area contributed by atoms with Crippen LogP contribution in [0, 0.1) is 5.92 Å². The Bertz CT molecular complexity index is 632. The number of halogens is 1. The fraction of sp³-hybridized carbons (Fsp3) is 0.250. The number of thiophene rings is 1. The van der Waals surface area contributed by atoms with Gasteiger partial charge in [-0.1, -0.05) is 30.4 Å². The number of anilines is 1. The fourth-order valence-corrected chi connectivity index (χ4v) is 4.68. The third-order valence-electron chi connectivity index (χ3n) is 4.20. The summed E-state index contributed by atoms with van der Waals surface area (Å²) in [5, 5.41) is 5.93. The van der Waals surface area contributed by atoms with Gasteiger partial charge in [0.1, 0.15) is 0 Å². The van der Waals surface area contributed by atoms with Crippen LogP contribution in [0.1, 0.15) is 28.8 Å². The van der Waals surface area contributed by atoms with Crippen LogP contribution in [0.5, 0.6) is 0 Å². The molecular weight excluding hydrogens is 318 g/mol. The molecule has 1 nitrogen and oxygen atoms in total. The third-order valence-corrected chi connectivity index (χ3v) is 5.81. The molecule has 19 heavy (non-hydrogen) atoms. The van der Waals surface area contributed by atoms with E-state index in [0.29, 0.717) is 17.9 Å². The van der Waals surface area contributed by atoms with E-state index in [9.17, 15) is 0 Å². The molecule has 1 aromatic carbocycles. The first-order valence-corrected chi connectivity index (χ1v) is 8.27. The predicted molar refractivity (Wildman–Crippen MR) is 84.8 cm³/mol. The zero-order valence-electron chi connectivity index (χ0n) is 10.3. The van der Waals surface area contributed by atoms with Crippen molar-refractivity contribution >= 4 is 33.0 Å². The van der Waals surface area contributed by atoms with Crippen LogP contribution in [-0.2, 0) is 0 Å². The van der Waals surface area contributed by atoms with Gasteiger partial charge in [0.05, 0.1) is 11.7 Å². The summed E-state index contributed by atoms with van der Waals surface area (Å²) in [6, 6.07) is 11.3. The molecule has 3 atom stereocenters. The van der Waals surface area contributed by atoms with Gasteiger partial charge in [0.2, 0.25) is 0 Å². The molecule has 3 heteroatoms. The molecule has 1 aliphatic heterocycles. The summed E-state index contributed by atoms with van der Waals surface area (Å²) in [7, 11) is 0. The van der Waals surface area contributed by atoms with Crippen LogP contribution >= 0.6 is 27.3 Å². The van der Waals surface area contributed by atoms with Gasteiger partial charge in [-0.15, -0.1) is 11.3 Å². The van der Waals surface area contributed by atoms with E-state index in [-0.39, 0.29) is 0 Å². The highest BCUT2D eigenvalue weighted by molar-refractivity contribution is 9.10. The lowest BCUT2D eigenvalue weighted by Gasteiger charge is -2.37. The molecule has 0 saturated heterocycles. The van der Waals surface area contributed by atoms with Gasteiger partial charge in [-0.2, -0.15) is 0 Å². The molecule has 2 aliphatic rings. The summed E-state index contributed by atoms with van der Waals surface area (Å²) in [6.07, 6.45) is 5.90. The van der Waals surface area contributed by atoms with E-state index >= 15 is 0 Å². The first-order chi connectivity index (χ1) is 9.34. The second-order valence-electron chi connectivity index (χ2n) is 5.19. The molecule has 0 saturated carbocycles. The van der Waals surface area contributed by atoms with Crippen molar-refractivity contribution in [2.24, 2.45) is 5.92 Å². The number of nitrogens with one attached hydrogen (secondary N) is 1. The SMILES string of the molecule is Brc1cccc2c1NC(c1cccs1)C1CC=CC21. The maximum Gasteiger partial charge on any atom is 0.0646 e. The molecular formula is C16H14BrNS. The summed E-state index contributed by atoms with van der Waals surface area (Å²) in [6.45, 7) is 0. The van der Waals surface area contributed by atoms with Crippen molar-refractivity contribution in [3.63, 3.8) is 0 Å². The van der Waals surface area contributed by atoms with Gasteiger partial charge >= 0.3 is 0 Å². The van der Waals surface area contributed by atoms with Crippen molar-refractivity contribution in [2.75, 3.05) is 5.32 Å². The normalized spacial score (nSPS) is 27.7. The lowest BCUT2D eigenvalue weighted by Crippen LogP contribution is -2.28. The summed E-state index contributed by atoms with van der Waals surface area (Å²) in [5.41, 5.74) is 2.70. The monoisotopic (exact) mass is 331 g/mol. The Labute approximate surface area is 125 Å². The van der Waals surface area contributed by atoms with Gasteiger partial charge < -0.3 is 5.32 Å². The number of rotatable bonds is 1. The first-order valence-electron chi connectivity index (χ1n) is 6.59. The largest absolute Gasteiger partial charge is 0.376 e. The van der Waals surface area contributed by atoms with Crippen molar-refractivity contribution in [1.29, 1.82) is 0 Å². The Morgan fingerprint density at radius 2 is 2.16 bits per heavy atom. The predicted octanol–water partition coefficient (Wildman–Crippen LogP) is 5.34. The Balaban J connectivity index is 1.85. The van der Waals surface area contributed by atoms with Crippen LogP contribution < -0.4 is 5.32 Å². The van der Waals surface area contributed by atoms with Gasteiger partial charge in [-0.05, 0) is 51.3 Å². The Morgan fingerprint density at radius 1 is 1.21 bits per heavy atom. The number of fused-ring (bicyclic) bond motifs is 3. The van der Waals surface area contributed by atoms with Gasteiger partial charge in [-0.25, -0.2) is 0 Å². The number of benzene rings is 1. The van der Waals surface area contributed by atoms with Gasteiger partial charge in [0, 0.05) is 15.3 Å². The smallest absolute Gasteiger partial charge is 0.0646 e. The molecule has 0 spiro atoms. The van der Waals surface area contributed by atoms with E-state index in [1.165, 1.54) is 27.0 Å². The first kappa shape index (κ1) is 11.7. The molecule has 0 bridgehead atoms. The Hall–Kier alpha value is -1.06. The highest BCUT2D eigenvalue weighted by Gasteiger charge is 2.38. The van der Waals surface area contributed by atoms with Crippen LogP contribution in [0.15, 0.2) is 52.3 Å². The molecule has 3 unspecified atom stereocenters. The molecule has 1 N–H and O–H groups in total. The van der Waals surface area contributed by atoms with Crippen molar-refractivity contribution < 1.29 is 0 Å². The van der Waals surface area contributed by atoms with Crippen molar-refractivity contribution in [3.05, 3.63) is 62.8 Å². The maximum absolute atomic E-state index is 3.76. The highest BCUT2D eigenvalue weighted by atomic mass is 79.9. The Morgan fingerprint density at radius 3 is 3.00 bits per heavy atom. The number of hydrogen-bond donors (Lipinski definition) is 1. The fourth-order valence-electron chi connectivity index (χ4n) is 3.33. The van der Waals surface area contributed by atoms with Crippen LogP contribution in [0.25, 0.3) is 0 Å². The number of allylic oxidation sites excluding steroid dienone is 2. The van der Waals surface area contributed by atoms with Crippen LogP contribution in [-0.4, -0.2) is 0 Å². The van der Waals surface area contributed by atoms with E-state index in [4.69, 9.17) is 0 Å². The van der Waals surface area contributed by atoms with Crippen LogP contribution in [0.3, 0.4) is 0 Å². The quantitative estimate of drug-likeness (QED) is 0.695. The summed E-state index contributed by atoms with van der Waals surface area (Å²) < 4.78 is 1.17. The van der Waals surface area contributed by atoms with Crippen molar-refractivity contribution in [2.45, 2.75) is 18.4 Å². The topological polar surface area (TPSA) is 12.0 Å². The molecule has 1 aliphatic carbocycles. The molecule has 0 fully saturated rings. The van der Waals surface area contributed by atoms with Gasteiger partial charge in [-0.3, -0.25) is 0 Å². The molecule has 4 rings (SSSR count). The summed E-state index contributed by atoms with van der Waals surface area (Å²) >= 11 is 5.54. The summed E-state index contributed by atoms with van der Waals surface area (Å²) in [5.74, 6) is 1.21. The van der Waals surface area contributed by atoms with E-state index in [1.54, 1.807) is 0 Å². The molecule has 2 heterocycles. The molecule has 1 aromatic heterocycles. The van der Waals surface area contributed by atoms with Crippen LogP contribution in [0.4, 0.5) is 5.69 Å². The number of para-hydroxylation sites is 1. The van der Waals surface area contributed by atoms with Crippen molar-refractivity contribution in [3.8, 4) is 0 Å². The van der Waals surface area contributed by atoms with Gasteiger partial charge in [0.15, 0.2) is 0 Å². The molecule has 0 radical (unpaired) electrons. The second-order valence-corrected chi connectivity index (χ2v) is 7.03. The molecule has 0 amide bonds. The average molecular weight is 332 g/mol. The average Bonchev–Trinajstić information content (AvgIpc) is 3.10. The van der Waals surface area contributed by atoms with Crippen molar-refractivity contribution in [1.82, 2.24) is 0 Å². The van der Waals surface area contributed by atoms with Crippen LogP contribution in [0.2, 0.25) is 0 Å². The molecule has 96 valence electrons. The van der Waals surface area contributed by atoms with E-state index in [1.807, 2.05) is 11.3 Å². The standard InChI is InChI=1S/C16H14BrNS/c17-13-7-2-6-11-10-4-1-5-12(10)16(18-15(11)13)14-8-3-9-19-14/h1-4,6-10,12,16,18H,5H2. The second kappa shape index (κ2) is 4.50. The lowest BCUT2D eigenvalue weighted by atomic mass is 9.79. The minimum absolute atomic E-state index is 0.436. The zero-order valence-corrected chi connectivity index (χ0v) is 12.7. The van der Waals surface area contributed by atoms with E-state index in [2.05, 4.69) is 69.1 Å². The summed E-state index contributed by atoms with van der Waals surface area (Å²) in [4.78, 5) is 1.44. The third kappa shape index (κ3) is 1.79. The minimum atomic E-state index is 0.436. The van der Waals surface area contributed by atoms with E-state index < -0.39 is 0 Å². The molecule has 2 aromatic rings. The highest BCUT2D eigenvalue weighted by Crippen LogP contribution is 2.51. The number of hydrogen-bond acceptors (Lipinski definition) is 2. The zero-order chi connectivity index (χ0) is 12.8. The maximum atomic E-state index is 3.76. The van der Waals surface area contributed by atoms with E-state index in [0.717, 1.165) is 0 Å². The minimum Gasteiger partial charge on any atom is -0.376 e. The Kier molecular flexibility index (Phi) is 2.78. The van der Waals surface area contributed by atoms with Gasteiger partial charge in [0.25, 0.3) is 0 Å².